The van der Waals surface area contributed by atoms with Gasteiger partial charge < -0.3 is 10.1 Å². The molecule has 1 N–H and O–H groups in total. The number of aromatic nitrogens is 2. The van der Waals surface area contributed by atoms with Crippen molar-refractivity contribution in [3.05, 3.63) is 33.0 Å². The van der Waals surface area contributed by atoms with Gasteiger partial charge in [-0.05, 0) is 45.6 Å². The minimum Gasteiger partial charge on any atom is -0.462 e. The van der Waals surface area contributed by atoms with Crippen molar-refractivity contribution in [3.8, 4) is 0 Å². The van der Waals surface area contributed by atoms with Crippen LogP contribution >= 0.6 is 11.3 Å². The van der Waals surface area contributed by atoms with Crippen molar-refractivity contribution in [2.75, 3.05) is 11.9 Å². The Balaban J connectivity index is 1.88. The summed E-state index contributed by atoms with van der Waals surface area (Å²) in [4.78, 5) is 37.0. The predicted molar refractivity (Wildman–Crippen MR) is 103 cm³/mol. The van der Waals surface area contributed by atoms with E-state index >= 15 is 0 Å². The maximum absolute atomic E-state index is 13.2. The number of amides is 1. The summed E-state index contributed by atoms with van der Waals surface area (Å²) < 4.78 is 45.7. The highest BCUT2D eigenvalue weighted by Gasteiger charge is 2.40. The minimum absolute atomic E-state index is 0.0714. The smallest absolute Gasteiger partial charge is 0.435 e. The number of hydrogen-bond acceptors (Lipinski definition) is 6. The highest BCUT2D eigenvalue weighted by atomic mass is 32.1. The highest BCUT2D eigenvalue weighted by molar-refractivity contribution is 7.18. The molecule has 0 unspecified atom stereocenters. The lowest BCUT2D eigenvalue weighted by molar-refractivity contribution is -0.142. The van der Waals surface area contributed by atoms with E-state index in [0.29, 0.717) is 29.0 Å². The number of rotatable bonds is 6. The number of nitrogens with one attached hydrogen (secondary N) is 1. The topological polar surface area (TPSA) is 90.3 Å². The third-order valence-corrected chi connectivity index (χ3v) is 6.08. The number of ether oxygens (including phenoxy) is 1. The van der Waals surface area contributed by atoms with Crippen LogP contribution < -0.4 is 5.32 Å². The molecule has 1 aliphatic carbocycles. The molecule has 0 aromatic carbocycles. The Morgan fingerprint density at radius 3 is 2.57 bits per heavy atom. The van der Waals surface area contributed by atoms with Gasteiger partial charge in [-0.25, -0.2) is 4.79 Å². The van der Waals surface area contributed by atoms with E-state index in [1.54, 1.807) is 13.8 Å². The van der Waals surface area contributed by atoms with Crippen molar-refractivity contribution < 1.29 is 32.3 Å². The predicted octanol–water partition coefficient (Wildman–Crippen LogP) is 3.78. The van der Waals surface area contributed by atoms with Crippen LogP contribution in [-0.2, 0) is 35.1 Å². The van der Waals surface area contributed by atoms with Gasteiger partial charge in [-0.1, -0.05) is 0 Å². The second kappa shape index (κ2) is 8.21. The van der Waals surface area contributed by atoms with E-state index in [1.807, 2.05) is 0 Å². The summed E-state index contributed by atoms with van der Waals surface area (Å²) in [6, 6.07) is 0. The molecule has 0 atom stereocenters. The van der Waals surface area contributed by atoms with E-state index in [0.717, 1.165) is 16.0 Å². The van der Waals surface area contributed by atoms with Gasteiger partial charge in [0.25, 0.3) is 0 Å². The van der Waals surface area contributed by atoms with Crippen LogP contribution in [0.5, 0.6) is 0 Å². The first-order valence-electron chi connectivity index (χ1n) is 9.31. The number of thiophene rings is 1. The van der Waals surface area contributed by atoms with Crippen LogP contribution in [0.15, 0.2) is 0 Å². The van der Waals surface area contributed by atoms with Gasteiger partial charge >= 0.3 is 12.1 Å². The summed E-state index contributed by atoms with van der Waals surface area (Å²) in [5, 5.41) is 6.28. The lowest BCUT2D eigenvalue weighted by Gasteiger charge is -2.09. The van der Waals surface area contributed by atoms with E-state index in [9.17, 15) is 27.6 Å². The molecular weight excluding hydrogens is 423 g/mol. The van der Waals surface area contributed by atoms with Crippen LogP contribution in [-0.4, -0.2) is 34.0 Å². The van der Waals surface area contributed by atoms with Gasteiger partial charge in [0.2, 0.25) is 5.91 Å². The van der Waals surface area contributed by atoms with Gasteiger partial charge in [0.15, 0.2) is 11.5 Å². The molecule has 3 rings (SSSR count). The fourth-order valence-electron chi connectivity index (χ4n) is 3.56. The Hall–Kier alpha value is -2.69. The quantitative estimate of drug-likeness (QED) is 0.542. The van der Waals surface area contributed by atoms with Crippen molar-refractivity contribution in [3.63, 3.8) is 0 Å². The summed E-state index contributed by atoms with van der Waals surface area (Å²) in [5.74, 6) is -1.61. The number of esters is 1. The number of alkyl halides is 3. The first kappa shape index (κ1) is 22.0. The summed E-state index contributed by atoms with van der Waals surface area (Å²) in [5.41, 5.74) is 0.0340. The van der Waals surface area contributed by atoms with Gasteiger partial charge in [-0.3, -0.25) is 14.3 Å². The maximum Gasteiger partial charge on any atom is 0.435 e. The second-order valence-electron chi connectivity index (χ2n) is 6.87. The highest BCUT2D eigenvalue weighted by Crippen LogP contribution is 2.37. The lowest BCUT2D eigenvalue weighted by atomic mass is 10.1. The Bertz CT molecular complexity index is 1020. The zero-order valence-electron chi connectivity index (χ0n) is 16.6. The molecule has 0 saturated carbocycles. The molecule has 2 aromatic rings. The normalized spacial score (nSPS) is 13.3. The molecule has 30 heavy (non-hydrogen) atoms. The minimum atomic E-state index is -4.59. The van der Waals surface area contributed by atoms with Crippen molar-refractivity contribution in [1.29, 1.82) is 0 Å². The van der Waals surface area contributed by atoms with Crippen LogP contribution in [0.25, 0.3) is 0 Å². The fourth-order valence-corrected chi connectivity index (χ4v) is 4.66. The van der Waals surface area contributed by atoms with Crippen molar-refractivity contribution >= 4 is 34.0 Å². The number of Topliss-reactive ketones (excluding diaryl/α,β-unsaturated/α-hetero) is 1. The van der Waals surface area contributed by atoms with Crippen LogP contribution in [0, 0.1) is 6.92 Å². The number of anilines is 1. The molecular formula is C19H20F3N3O4S. The molecule has 11 heteroatoms. The zero-order valence-corrected chi connectivity index (χ0v) is 17.4. The molecule has 0 saturated heterocycles. The summed E-state index contributed by atoms with van der Waals surface area (Å²) in [7, 11) is 0. The van der Waals surface area contributed by atoms with Crippen LogP contribution in [0.3, 0.4) is 0 Å². The van der Waals surface area contributed by atoms with Gasteiger partial charge in [0.1, 0.15) is 11.5 Å². The average Bonchev–Trinajstić information content (AvgIpc) is 3.29. The van der Waals surface area contributed by atoms with Crippen LogP contribution in [0.1, 0.15) is 62.8 Å². The SMILES string of the molecule is CCOC(=O)c1c(NC(=O)Cn2nc(C(F)(F)F)c3c2CCC3)sc(C(C)=O)c1C. The van der Waals surface area contributed by atoms with E-state index in [2.05, 4.69) is 10.4 Å². The molecule has 7 nitrogen and oxygen atoms in total. The second-order valence-corrected chi connectivity index (χ2v) is 7.89. The number of nitrogens with zero attached hydrogens (tertiary/aromatic N) is 2. The fraction of sp³-hybridized carbons (Fsp3) is 0.474. The van der Waals surface area contributed by atoms with E-state index < -0.39 is 30.3 Å². The van der Waals surface area contributed by atoms with Crippen molar-refractivity contribution in [2.45, 2.75) is 52.8 Å². The molecule has 1 aliphatic rings. The third-order valence-electron chi connectivity index (χ3n) is 4.77. The molecule has 162 valence electrons. The Morgan fingerprint density at radius 1 is 1.27 bits per heavy atom. The number of hydrogen-bond donors (Lipinski definition) is 1. The van der Waals surface area contributed by atoms with E-state index in [1.165, 1.54) is 6.92 Å². The number of halogens is 3. The number of fused-ring (bicyclic) bond motifs is 1. The van der Waals surface area contributed by atoms with Crippen molar-refractivity contribution in [2.24, 2.45) is 0 Å². The van der Waals surface area contributed by atoms with E-state index in [-0.39, 0.29) is 34.9 Å². The van der Waals surface area contributed by atoms with Crippen LogP contribution in [0.4, 0.5) is 18.2 Å². The Labute approximate surface area is 174 Å². The molecule has 2 aromatic heterocycles. The molecule has 0 bridgehead atoms. The zero-order chi connectivity index (χ0) is 22.2. The monoisotopic (exact) mass is 443 g/mol. The molecule has 2 heterocycles. The van der Waals surface area contributed by atoms with Gasteiger partial charge in [-0.15, -0.1) is 11.3 Å². The standard InChI is InChI=1S/C19H20F3N3O4S/c1-4-29-18(28)14-9(2)15(10(3)26)30-17(14)23-13(27)8-25-12-7-5-6-11(12)16(24-25)19(20,21)22/h4-8H2,1-3H3,(H,23,27). The Kier molecular flexibility index (Phi) is 6.02. The van der Waals surface area contributed by atoms with E-state index in [4.69, 9.17) is 4.74 Å². The number of ketones is 1. The first-order chi connectivity index (χ1) is 14.0. The third kappa shape index (κ3) is 4.11. The molecule has 0 aliphatic heterocycles. The van der Waals surface area contributed by atoms with Gasteiger partial charge in [-0.2, -0.15) is 18.3 Å². The number of carbonyl (C=O) groups is 3. The number of carbonyl (C=O) groups excluding carboxylic acids is 3. The average molecular weight is 443 g/mol. The Morgan fingerprint density at radius 2 is 1.97 bits per heavy atom. The summed E-state index contributed by atoms with van der Waals surface area (Å²) in [6.07, 6.45) is -3.34. The lowest BCUT2D eigenvalue weighted by Crippen LogP contribution is -2.22. The first-order valence-corrected chi connectivity index (χ1v) is 10.1. The largest absolute Gasteiger partial charge is 0.462 e. The molecule has 1 amide bonds. The summed E-state index contributed by atoms with van der Waals surface area (Å²) >= 11 is 0.930. The van der Waals surface area contributed by atoms with Gasteiger partial charge in [0.05, 0.1) is 17.0 Å². The molecule has 0 radical (unpaired) electrons. The van der Waals surface area contributed by atoms with Gasteiger partial charge in [0, 0.05) is 11.3 Å². The maximum atomic E-state index is 13.2. The molecule has 0 spiro atoms. The van der Waals surface area contributed by atoms with Crippen LogP contribution in [0.2, 0.25) is 0 Å². The van der Waals surface area contributed by atoms with Crippen molar-refractivity contribution in [1.82, 2.24) is 9.78 Å². The summed E-state index contributed by atoms with van der Waals surface area (Å²) in [6.45, 7) is 4.21. The molecule has 0 fully saturated rings.